The second kappa shape index (κ2) is 8.13. The van der Waals surface area contributed by atoms with Crippen LogP contribution in [0.2, 0.25) is 0 Å². The molecule has 1 heterocycles. The summed E-state index contributed by atoms with van der Waals surface area (Å²) in [5, 5.41) is 2.98. The molecule has 5 heteroatoms. The van der Waals surface area contributed by atoms with Crippen molar-refractivity contribution >= 4 is 17.4 Å². The Morgan fingerprint density at radius 1 is 1.08 bits per heavy atom. The van der Waals surface area contributed by atoms with Crippen molar-refractivity contribution in [3.05, 3.63) is 53.6 Å². The predicted octanol–water partition coefficient (Wildman–Crippen LogP) is 4.06. The fourth-order valence-corrected chi connectivity index (χ4v) is 3.36. The maximum absolute atomic E-state index is 12.6. The summed E-state index contributed by atoms with van der Waals surface area (Å²) in [5.41, 5.74) is 4.54. The fraction of sp³-hybridized carbons (Fsp3) is 0.381. The molecule has 0 aromatic heterocycles. The van der Waals surface area contributed by atoms with Gasteiger partial charge in [0, 0.05) is 31.9 Å². The van der Waals surface area contributed by atoms with Crippen LogP contribution in [0.15, 0.2) is 42.5 Å². The number of nitrogens with zero attached hydrogens (tertiary/aromatic N) is 2. The van der Waals surface area contributed by atoms with Crippen LogP contribution >= 0.6 is 0 Å². The molecule has 1 aliphatic heterocycles. The standard InChI is InChI=1S/C21H27N3O2/c1-4-26-20-8-6-5-7-18(20)22-21(25)24-13-11-23(12-14-24)19-10-9-16(2)15-17(19)3/h5-10,15H,4,11-14H2,1-3H3,(H,22,25). The van der Waals surface area contributed by atoms with Gasteiger partial charge in [-0.05, 0) is 44.5 Å². The number of piperazine rings is 1. The highest BCUT2D eigenvalue weighted by molar-refractivity contribution is 5.91. The number of anilines is 2. The number of nitrogens with one attached hydrogen (secondary N) is 1. The van der Waals surface area contributed by atoms with Crippen LogP contribution in [-0.2, 0) is 0 Å². The molecule has 1 fully saturated rings. The predicted molar refractivity (Wildman–Crippen MR) is 106 cm³/mol. The van der Waals surface area contributed by atoms with Crippen molar-refractivity contribution in [3.63, 3.8) is 0 Å². The van der Waals surface area contributed by atoms with Crippen LogP contribution in [0, 0.1) is 13.8 Å². The number of rotatable bonds is 4. The van der Waals surface area contributed by atoms with E-state index in [1.165, 1.54) is 16.8 Å². The molecular formula is C21H27N3O2. The van der Waals surface area contributed by atoms with E-state index < -0.39 is 0 Å². The largest absolute Gasteiger partial charge is 0.492 e. The Morgan fingerprint density at radius 3 is 2.50 bits per heavy atom. The van der Waals surface area contributed by atoms with E-state index in [9.17, 15) is 4.79 Å². The number of para-hydroxylation sites is 2. The molecule has 2 amide bonds. The van der Waals surface area contributed by atoms with Gasteiger partial charge >= 0.3 is 6.03 Å². The molecule has 0 radical (unpaired) electrons. The summed E-state index contributed by atoms with van der Waals surface area (Å²) in [6, 6.07) is 14.0. The van der Waals surface area contributed by atoms with Gasteiger partial charge in [0.1, 0.15) is 5.75 Å². The SMILES string of the molecule is CCOc1ccccc1NC(=O)N1CCN(c2ccc(C)cc2C)CC1. The number of benzene rings is 2. The van der Waals surface area contributed by atoms with Crippen molar-refractivity contribution in [1.82, 2.24) is 4.90 Å². The lowest BCUT2D eigenvalue weighted by Gasteiger charge is -2.36. The van der Waals surface area contributed by atoms with Gasteiger partial charge in [-0.15, -0.1) is 0 Å². The number of urea groups is 1. The molecule has 1 saturated heterocycles. The topological polar surface area (TPSA) is 44.8 Å². The van der Waals surface area contributed by atoms with Crippen molar-refractivity contribution in [2.24, 2.45) is 0 Å². The Bertz CT molecular complexity index is 768. The molecule has 0 spiro atoms. The lowest BCUT2D eigenvalue weighted by atomic mass is 10.1. The average molecular weight is 353 g/mol. The highest BCUT2D eigenvalue weighted by atomic mass is 16.5. The number of carbonyl (C=O) groups excluding carboxylic acids is 1. The summed E-state index contributed by atoms with van der Waals surface area (Å²) in [4.78, 5) is 16.8. The Hall–Kier alpha value is -2.69. The Labute approximate surface area is 155 Å². The first-order chi connectivity index (χ1) is 12.6. The number of ether oxygens (including phenoxy) is 1. The van der Waals surface area contributed by atoms with E-state index in [4.69, 9.17) is 4.74 Å². The van der Waals surface area contributed by atoms with Crippen molar-refractivity contribution in [2.75, 3.05) is 43.0 Å². The van der Waals surface area contributed by atoms with Crippen LogP contribution < -0.4 is 15.0 Å². The van der Waals surface area contributed by atoms with Crippen LogP contribution in [0.5, 0.6) is 5.75 Å². The van der Waals surface area contributed by atoms with Crippen molar-refractivity contribution in [1.29, 1.82) is 0 Å². The minimum absolute atomic E-state index is 0.0718. The monoisotopic (exact) mass is 353 g/mol. The third-order valence-corrected chi connectivity index (χ3v) is 4.69. The summed E-state index contributed by atoms with van der Waals surface area (Å²) in [6.07, 6.45) is 0. The zero-order chi connectivity index (χ0) is 18.5. The normalized spacial score (nSPS) is 14.3. The maximum atomic E-state index is 12.6. The third-order valence-electron chi connectivity index (χ3n) is 4.69. The van der Waals surface area contributed by atoms with Gasteiger partial charge in [-0.25, -0.2) is 4.79 Å². The molecule has 1 N–H and O–H groups in total. The molecular weight excluding hydrogens is 326 g/mol. The van der Waals surface area contributed by atoms with Crippen molar-refractivity contribution < 1.29 is 9.53 Å². The number of hydrogen-bond donors (Lipinski definition) is 1. The fourth-order valence-electron chi connectivity index (χ4n) is 3.36. The molecule has 26 heavy (non-hydrogen) atoms. The van der Waals surface area contributed by atoms with Gasteiger partial charge in [-0.2, -0.15) is 0 Å². The van der Waals surface area contributed by atoms with Gasteiger partial charge in [0.25, 0.3) is 0 Å². The smallest absolute Gasteiger partial charge is 0.322 e. The number of aryl methyl sites for hydroxylation is 2. The molecule has 1 aliphatic rings. The van der Waals surface area contributed by atoms with E-state index in [0.29, 0.717) is 25.4 Å². The Morgan fingerprint density at radius 2 is 1.81 bits per heavy atom. The van der Waals surface area contributed by atoms with Crippen LogP contribution in [0.3, 0.4) is 0 Å². The highest BCUT2D eigenvalue weighted by Crippen LogP contribution is 2.25. The average Bonchev–Trinajstić information content (AvgIpc) is 2.64. The molecule has 0 aliphatic carbocycles. The van der Waals surface area contributed by atoms with E-state index >= 15 is 0 Å². The van der Waals surface area contributed by atoms with Gasteiger partial charge < -0.3 is 19.9 Å². The first-order valence-corrected chi connectivity index (χ1v) is 9.18. The zero-order valence-electron chi connectivity index (χ0n) is 15.8. The summed E-state index contributed by atoms with van der Waals surface area (Å²) in [7, 11) is 0. The van der Waals surface area contributed by atoms with Crippen molar-refractivity contribution in [3.8, 4) is 5.75 Å². The van der Waals surface area contributed by atoms with Crippen LogP contribution in [-0.4, -0.2) is 43.7 Å². The quantitative estimate of drug-likeness (QED) is 0.902. The zero-order valence-corrected chi connectivity index (χ0v) is 15.8. The van der Waals surface area contributed by atoms with Gasteiger partial charge in [-0.1, -0.05) is 29.8 Å². The highest BCUT2D eigenvalue weighted by Gasteiger charge is 2.22. The summed E-state index contributed by atoms with van der Waals surface area (Å²) >= 11 is 0. The maximum Gasteiger partial charge on any atom is 0.322 e. The molecule has 3 rings (SSSR count). The summed E-state index contributed by atoms with van der Waals surface area (Å²) in [5.74, 6) is 0.706. The van der Waals surface area contributed by atoms with E-state index in [1.807, 2.05) is 36.1 Å². The second-order valence-electron chi connectivity index (χ2n) is 6.62. The minimum atomic E-state index is -0.0718. The van der Waals surface area contributed by atoms with E-state index in [-0.39, 0.29) is 6.03 Å². The van der Waals surface area contributed by atoms with Gasteiger partial charge in [0.2, 0.25) is 0 Å². The van der Waals surface area contributed by atoms with E-state index in [2.05, 4.69) is 42.3 Å². The van der Waals surface area contributed by atoms with Crippen molar-refractivity contribution in [2.45, 2.75) is 20.8 Å². The molecule has 2 aromatic rings. The lowest BCUT2D eigenvalue weighted by molar-refractivity contribution is 0.208. The molecule has 0 atom stereocenters. The van der Waals surface area contributed by atoms with Crippen LogP contribution in [0.4, 0.5) is 16.2 Å². The molecule has 0 bridgehead atoms. The Balaban J connectivity index is 1.60. The number of carbonyl (C=O) groups is 1. The summed E-state index contributed by atoms with van der Waals surface area (Å²) in [6.45, 7) is 9.85. The minimum Gasteiger partial charge on any atom is -0.492 e. The van der Waals surface area contributed by atoms with Gasteiger partial charge in [-0.3, -0.25) is 0 Å². The lowest BCUT2D eigenvalue weighted by Crippen LogP contribution is -2.50. The molecule has 0 saturated carbocycles. The second-order valence-corrected chi connectivity index (χ2v) is 6.62. The van der Waals surface area contributed by atoms with E-state index in [1.54, 1.807) is 0 Å². The number of hydrogen-bond acceptors (Lipinski definition) is 3. The molecule has 5 nitrogen and oxygen atoms in total. The summed E-state index contributed by atoms with van der Waals surface area (Å²) < 4.78 is 5.58. The third kappa shape index (κ3) is 4.10. The van der Waals surface area contributed by atoms with E-state index in [0.717, 1.165) is 18.8 Å². The molecule has 0 unspecified atom stereocenters. The first kappa shape index (κ1) is 18.1. The van der Waals surface area contributed by atoms with Crippen LogP contribution in [0.1, 0.15) is 18.1 Å². The molecule has 2 aromatic carbocycles. The van der Waals surface area contributed by atoms with Gasteiger partial charge in [0.05, 0.1) is 12.3 Å². The Kier molecular flexibility index (Phi) is 5.66. The number of amides is 2. The van der Waals surface area contributed by atoms with Crippen LogP contribution in [0.25, 0.3) is 0 Å². The first-order valence-electron chi connectivity index (χ1n) is 9.18. The molecule has 138 valence electrons. The van der Waals surface area contributed by atoms with Gasteiger partial charge in [0.15, 0.2) is 0 Å².